The van der Waals surface area contributed by atoms with Gasteiger partial charge in [0.1, 0.15) is 5.75 Å². The van der Waals surface area contributed by atoms with Gasteiger partial charge in [-0.2, -0.15) is 0 Å². The van der Waals surface area contributed by atoms with Crippen LogP contribution in [0.15, 0.2) is 24.3 Å². The van der Waals surface area contributed by atoms with Crippen molar-refractivity contribution in [2.45, 2.75) is 6.42 Å². The number of hydrogen-bond acceptors (Lipinski definition) is 6. The van der Waals surface area contributed by atoms with E-state index in [1.54, 1.807) is 31.4 Å². The number of piperazine rings is 1. The quantitative estimate of drug-likeness (QED) is 0.580. The van der Waals surface area contributed by atoms with Gasteiger partial charge in [0.2, 0.25) is 5.91 Å². The van der Waals surface area contributed by atoms with Gasteiger partial charge in [-0.1, -0.05) is 0 Å². The van der Waals surface area contributed by atoms with Gasteiger partial charge >= 0.3 is 5.97 Å². The minimum atomic E-state index is -0.965. The number of benzene rings is 1. The number of carbonyl (C=O) groups excluding carboxylic acids is 1. The summed E-state index contributed by atoms with van der Waals surface area (Å²) in [4.78, 5) is 27.9. The van der Waals surface area contributed by atoms with Crippen LogP contribution in [0.25, 0.3) is 0 Å². The number of aliphatic hydroxyl groups is 1. The average Bonchev–Trinajstić information content (AvgIpc) is 2.63. The highest BCUT2D eigenvalue weighted by Gasteiger charge is 2.26. The summed E-state index contributed by atoms with van der Waals surface area (Å²) in [6, 6.07) is 6.89. The van der Waals surface area contributed by atoms with Crippen molar-refractivity contribution in [3.05, 3.63) is 24.3 Å². The molecule has 1 amide bonds. The van der Waals surface area contributed by atoms with Gasteiger partial charge in [0, 0.05) is 51.4 Å². The van der Waals surface area contributed by atoms with E-state index in [-0.39, 0.29) is 18.9 Å². The Labute approximate surface area is 153 Å². The number of hydrogen-bond donors (Lipinski definition) is 3. The summed E-state index contributed by atoms with van der Waals surface area (Å²) in [5.74, 6) is -1.35. The Kier molecular flexibility index (Phi) is 7.83. The number of carbonyl (C=O) groups is 2. The number of aliphatic hydroxyl groups excluding tert-OH is 1. The molecule has 1 aromatic rings. The molecule has 0 saturated carbocycles. The Morgan fingerprint density at radius 1 is 1.15 bits per heavy atom. The smallest absolute Gasteiger partial charge is 0.308 e. The maximum atomic E-state index is 12.2. The SMILES string of the molecule is COc1ccc(NC(=O)C[C@@H](CN2CCN(CCO)CC2)C(=O)O)cc1. The second-order valence-corrected chi connectivity index (χ2v) is 6.38. The largest absolute Gasteiger partial charge is 0.497 e. The van der Waals surface area contributed by atoms with Crippen molar-refractivity contribution in [3.63, 3.8) is 0 Å². The van der Waals surface area contributed by atoms with Crippen LogP contribution in [-0.2, 0) is 9.59 Å². The summed E-state index contributed by atoms with van der Waals surface area (Å²) in [7, 11) is 1.56. The van der Waals surface area contributed by atoms with Crippen LogP contribution < -0.4 is 10.1 Å². The molecule has 1 aliphatic heterocycles. The molecule has 2 rings (SSSR count). The minimum absolute atomic E-state index is 0.0712. The van der Waals surface area contributed by atoms with Crippen LogP contribution >= 0.6 is 0 Å². The van der Waals surface area contributed by atoms with E-state index in [0.717, 1.165) is 26.2 Å². The van der Waals surface area contributed by atoms with Crippen LogP contribution in [0.2, 0.25) is 0 Å². The minimum Gasteiger partial charge on any atom is -0.497 e. The Balaban J connectivity index is 1.83. The van der Waals surface area contributed by atoms with E-state index in [0.29, 0.717) is 24.5 Å². The van der Waals surface area contributed by atoms with E-state index in [4.69, 9.17) is 9.84 Å². The Morgan fingerprint density at radius 3 is 2.31 bits per heavy atom. The summed E-state index contributed by atoms with van der Waals surface area (Å²) >= 11 is 0. The highest BCUT2D eigenvalue weighted by Crippen LogP contribution is 2.16. The van der Waals surface area contributed by atoms with Crippen LogP contribution in [0.4, 0.5) is 5.69 Å². The second kappa shape index (κ2) is 10.1. The topological polar surface area (TPSA) is 102 Å². The third kappa shape index (κ3) is 6.29. The third-order valence-corrected chi connectivity index (χ3v) is 4.51. The van der Waals surface area contributed by atoms with Gasteiger partial charge in [0.25, 0.3) is 0 Å². The van der Waals surface area contributed by atoms with Gasteiger partial charge in [-0.25, -0.2) is 0 Å². The molecule has 0 unspecified atom stereocenters. The number of methoxy groups -OCH3 is 1. The highest BCUT2D eigenvalue weighted by molar-refractivity contribution is 5.93. The first-order valence-electron chi connectivity index (χ1n) is 8.74. The van der Waals surface area contributed by atoms with Gasteiger partial charge in [-0.15, -0.1) is 0 Å². The molecule has 3 N–H and O–H groups in total. The normalized spacial score (nSPS) is 16.8. The van der Waals surface area contributed by atoms with E-state index in [2.05, 4.69) is 15.1 Å². The van der Waals surface area contributed by atoms with Crippen molar-refractivity contribution < 1.29 is 24.5 Å². The molecular weight excluding hydrogens is 338 g/mol. The first-order valence-corrected chi connectivity index (χ1v) is 8.74. The number of β-amino-alcohol motifs (C(OH)–C–C–N with tert-alkyl or cyclic N) is 1. The molecule has 144 valence electrons. The Hall–Kier alpha value is -2.16. The fraction of sp³-hybridized carbons (Fsp3) is 0.556. The molecule has 0 radical (unpaired) electrons. The number of amides is 1. The van der Waals surface area contributed by atoms with Crippen molar-refractivity contribution in [3.8, 4) is 5.75 Å². The second-order valence-electron chi connectivity index (χ2n) is 6.38. The Morgan fingerprint density at radius 2 is 1.77 bits per heavy atom. The van der Waals surface area contributed by atoms with Crippen LogP contribution in [-0.4, -0.2) is 84.9 Å². The zero-order valence-corrected chi connectivity index (χ0v) is 15.1. The number of rotatable bonds is 9. The van der Waals surface area contributed by atoms with Gasteiger partial charge in [-0.3, -0.25) is 19.4 Å². The molecule has 1 aliphatic rings. The molecule has 1 heterocycles. The number of carboxylic acids is 1. The van der Waals surface area contributed by atoms with Crippen LogP contribution in [0, 0.1) is 5.92 Å². The fourth-order valence-electron chi connectivity index (χ4n) is 2.99. The first kappa shape index (κ1) is 20.2. The summed E-state index contributed by atoms with van der Waals surface area (Å²) in [6.45, 7) is 4.19. The van der Waals surface area contributed by atoms with E-state index in [1.165, 1.54) is 0 Å². The summed E-state index contributed by atoms with van der Waals surface area (Å²) in [5.41, 5.74) is 0.609. The van der Waals surface area contributed by atoms with Gasteiger partial charge in [0.15, 0.2) is 0 Å². The number of anilines is 1. The lowest BCUT2D eigenvalue weighted by atomic mass is 10.0. The van der Waals surface area contributed by atoms with Gasteiger partial charge < -0.3 is 20.3 Å². The van der Waals surface area contributed by atoms with Crippen molar-refractivity contribution >= 4 is 17.6 Å². The highest BCUT2D eigenvalue weighted by atomic mass is 16.5. The fourth-order valence-corrected chi connectivity index (χ4v) is 2.99. The standard InChI is InChI=1S/C18H27N3O5/c1-26-16-4-2-15(3-5-16)19-17(23)12-14(18(24)25)13-21-8-6-20(7-9-21)10-11-22/h2-5,14,22H,6-13H2,1H3,(H,19,23)(H,24,25)/t14-/m0/s1. The lowest BCUT2D eigenvalue weighted by Crippen LogP contribution is -2.49. The molecule has 1 aromatic carbocycles. The monoisotopic (exact) mass is 365 g/mol. The number of aliphatic carboxylic acids is 1. The molecule has 0 bridgehead atoms. The summed E-state index contributed by atoms with van der Waals surface area (Å²) in [6.07, 6.45) is -0.0712. The zero-order valence-electron chi connectivity index (χ0n) is 15.1. The van der Waals surface area contributed by atoms with Crippen molar-refractivity contribution in [2.24, 2.45) is 5.92 Å². The van der Waals surface area contributed by atoms with E-state index in [9.17, 15) is 14.7 Å². The van der Waals surface area contributed by atoms with Crippen LogP contribution in [0.5, 0.6) is 5.75 Å². The molecule has 1 atom stereocenters. The summed E-state index contributed by atoms with van der Waals surface area (Å²) in [5, 5.41) is 21.2. The Bertz CT molecular complexity index is 585. The maximum Gasteiger partial charge on any atom is 0.308 e. The molecule has 8 nitrogen and oxygen atoms in total. The summed E-state index contributed by atoms with van der Waals surface area (Å²) < 4.78 is 5.06. The molecule has 0 aliphatic carbocycles. The lowest BCUT2D eigenvalue weighted by Gasteiger charge is -2.35. The molecule has 8 heteroatoms. The predicted molar refractivity (Wildman–Crippen MR) is 97.3 cm³/mol. The number of carboxylic acid groups (broad SMARTS) is 1. The lowest BCUT2D eigenvalue weighted by molar-refractivity contribution is -0.144. The average molecular weight is 365 g/mol. The molecule has 1 saturated heterocycles. The van der Waals surface area contributed by atoms with E-state index < -0.39 is 11.9 Å². The van der Waals surface area contributed by atoms with Crippen molar-refractivity contribution in [1.29, 1.82) is 0 Å². The molecule has 0 spiro atoms. The van der Waals surface area contributed by atoms with E-state index >= 15 is 0 Å². The molecule has 1 fully saturated rings. The van der Waals surface area contributed by atoms with E-state index in [1.807, 2.05) is 0 Å². The molecule has 0 aromatic heterocycles. The third-order valence-electron chi connectivity index (χ3n) is 4.51. The zero-order chi connectivity index (χ0) is 18.9. The van der Waals surface area contributed by atoms with Gasteiger partial charge in [0.05, 0.1) is 19.6 Å². The predicted octanol–water partition coefficient (Wildman–Crippen LogP) is 0.335. The maximum absolute atomic E-state index is 12.2. The molecular formula is C18H27N3O5. The number of ether oxygens (including phenoxy) is 1. The number of nitrogens with one attached hydrogen (secondary N) is 1. The van der Waals surface area contributed by atoms with Crippen LogP contribution in [0.1, 0.15) is 6.42 Å². The number of nitrogens with zero attached hydrogens (tertiary/aromatic N) is 2. The van der Waals surface area contributed by atoms with Crippen LogP contribution in [0.3, 0.4) is 0 Å². The molecule has 26 heavy (non-hydrogen) atoms. The first-order chi connectivity index (χ1) is 12.5. The van der Waals surface area contributed by atoms with Crippen molar-refractivity contribution in [2.75, 3.05) is 58.3 Å². The van der Waals surface area contributed by atoms with Crippen molar-refractivity contribution in [1.82, 2.24) is 9.80 Å². The van der Waals surface area contributed by atoms with Gasteiger partial charge in [-0.05, 0) is 24.3 Å².